The van der Waals surface area contributed by atoms with Gasteiger partial charge in [-0.1, -0.05) is 60.7 Å². The average Bonchev–Trinajstić information content (AvgIpc) is 3.68. The van der Waals surface area contributed by atoms with Crippen LogP contribution in [0.15, 0.2) is 73.2 Å². The number of anilines is 1. The Morgan fingerprint density at radius 2 is 1.64 bits per heavy atom. The maximum absolute atomic E-state index is 13.5. The number of hydrogen-bond acceptors (Lipinski definition) is 6. The van der Waals surface area contributed by atoms with Crippen LogP contribution in [-0.4, -0.2) is 63.4 Å². The molecule has 2 aromatic carbocycles. The maximum atomic E-state index is 13.5. The molecule has 1 aliphatic rings. The second-order valence-electron chi connectivity index (χ2n) is 11.4. The Morgan fingerprint density at radius 3 is 2.29 bits per heavy atom. The van der Waals surface area contributed by atoms with Crippen molar-refractivity contribution in [1.29, 1.82) is 0 Å². The molecule has 3 aromatic rings. The first-order chi connectivity index (χ1) is 20.2. The van der Waals surface area contributed by atoms with Crippen molar-refractivity contribution in [3.63, 3.8) is 0 Å². The zero-order valence-corrected chi connectivity index (χ0v) is 24.5. The minimum Gasteiger partial charge on any atom is -0.374 e. The van der Waals surface area contributed by atoms with Gasteiger partial charge in [0.15, 0.2) is 5.82 Å². The normalized spacial score (nSPS) is 14.8. The van der Waals surface area contributed by atoms with Crippen LogP contribution in [0.3, 0.4) is 0 Å². The lowest BCUT2D eigenvalue weighted by molar-refractivity contribution is -0.134. The predicted molar refractivity (Wildman–Crippen MR) is 161 cm³/mol. The molecule has 0 radical (unpaired) electrons. The van der Waals surface area contributed by atoms with E-state index in [0.29, 0.717) is 6.42 Å². The number of carbonyl (C=O) groups is 3. The molecule has 42 heavy (non-hydrogen) atoms. The fraction of sp³-hybridized carbons (Fsp3) is 0.438. The van der Waals surface area contributed by atoms with Gasteiger partial charge in [-0.25, -0.2) is 4.98 Å². The lowest BCUT2D eigenvalue weighted by atomic mass is 10.0. The third kappa shape index (κ3) is 8.99. The fourth-order valence-corrected chi connectivity index (χ4v) is 4.87. The molecule has 2 unspecified atom stereocenters. The Balaban J connectivity index is 1.43. The number of nitrogens with zero attached hydrogens (tertiary/aromatic N) is 3. The van der Waals surface area contributed by atoms with Crippen LogP contribution in [0.2, 0.25) is 0 Å². The van der Waals surface area contributed by atoms with E-state index < -0.39 is 29.4 Å². The largest absolute Gasteiger partial charge is 0.374 e. The molecule has 1 saturated heterocycles. The molecule has 1 aliphatic heterocycles. The molecule has 2 atom stereocenters. The van der Waals surface area contributed by atoms with Gasteiger partial charge in [0, 0.05) is 19.3 Å². The first kappa shape index (κ1) is 30.9. The Morgan fingerprint density at radius 1 is 1.00 bits per heavy atom. The van der Waals surface area contributed by atoms with E-state index in [4.69, 9.17) is 10.5 Å². The van der Waals surface area contributed by atoms with Gasteiger partial charge in [-0.2, -0.15) is 0 Å². The standard InChI is InChI=1S/C32H42N6O4/c1-32(2,33)31(41)35-26(22-42-21-25-14-7-4-8-15-25)29(39)36-28-20-38(23-34-28)27(30(40)37-18-9-10-19-37)17-11-16-24-12-5-3-6-13-24/h3-8,12-15,20,23,26-27H,9-11,16-19,21-22,33H2,1-2H3,(H,35,41)(H,36,39). The van der Waals surface area contributed by atoms with Crippen molar-refractivity contribution in [3.05, 3.63) is 84.3 Å². The number of likely N-dealkylation sites (tertiary alicyclic amines) is 1. The molecule has 2 heterocycles. The fourth-order valence-electron chi connectivity index (χ4n) is 4.87. The molecule has 0 spiro atoms. The van der Waals surface area contributed by atoms with Crippen LogP contribution in [0.4, 0.5) is 5.82 Å². The van der Waals surface area contributed by atoms with Crippen molar-refractivity contribution >= 4 is 23.5 Å². The van der Waals surface area contributed by atoms with Crippen molar-refractivity contribution in [2.24, 2.45) is 5.73 Å². The smallest absolute Gasteiger partial charge is 0.250 e. The van der Waals surface area contributed by atoms with Gasteiger partial charge >= 0.3 is 0 Å². The van der Waals surface area contributed by atoms with Gasteiger partial charge in [0.1, 0.15) is 12.1 Å². The van der Waals surface area contributed by atoms with Crippen molar-refractivity contribution in [2.45, 2.75) is 70.2 Å². The molecule has 10 heteroatoms. The second kappa shape index (κ2) is 14.7. The molecule has 1 fully saturated rings. The van der Waals surface area contributed by atoms with E-state index in [-0.39, 0.29) is 24.9 Å². The minimum atomic E-state index is -1.18. The van der Waals surface area contributed by atoms with Crippen LogP contribution >= 0.6 is 0 Å². The van der Waals surface area contributed by atoms with Gasteiger partial charge in [0.25, 0.3) is 5.91 Å². The summed E-state index contributed by atoms with van der Waals surface area (Å²) in [5, 5.41) is 5.48. The molecule has 224 valence electrons. The highest BCUT2D eigenvalue weighted by atomic mass is 16.5. The highest BCUT2D eigenvalue weighted by Crippen LogP contribution is 2.23. The number of amides is 3. The first-order valence-corrected chi connectivity index (χ1v) is 14.6. The molecule has 3 amide bonds. The second-order valence-corrected chi connectivity index (χ2v) is 11.4. The van der Waals surface area contributed by atoms with Crippen LogP contribution in [0, 0.1) is 0 Å². The van der Waals surface area contributed by atoms with Crippen LogP contribution in [-0.2, 0) is 32.1 Å². The summed E-state index contributed by atoms with van der Waals surface area (Å²) in [4.78, 5) is 45.7. The number of nitrogens with one attached hydrogen (secondary N) is 2. The van der Waals surface area contributed by atoms with Crippen molar-refractivity contribution < 1.29 is 19.1 Å². The first-order valence-electron chi connectivity index (χ1n) is 14.6. The highest BCUT2D eigenvalue weighted by molar-refractivity contribution is 5.98. The number of aryl methyl sites for hydroxylation is 1. The lowest BCUT2D eigenvalue weighted by Crippen LogP contribution is -2.56. The number of nitrogens with two attached hydrogens (primary N) is 1. The van der Waals surface area contributed by atoms with Gasteiger partial charge in [0.05, 0.1) is 25.1 Å². The topological polar surface area (TPSA) is 132 Å². The third-order valence-electron chi connectivity index (χ3n) is 7.30. The minimum absolute atomic E-state index is 0.0567. The molecule has 4 rings (SSSR count). The van der Waals surface area contributed by atoms with Crippen LogP contribution in [0.25, 0.3) is 0 Å². The van der Waals surface area contributed by atoms with E-state index in [1.807, 2.05) is 53.4 Å². The molecular weight excluding hydrogens is 532 g/mol. The molecule has 10 nitrogen and oxygen atoms in total. The zero-order valence-electron chi connectivity index (χ0n) is 24.5. The molecule has 0 bridgehead atoms. The van der Waals surface area contributed by atoms with Gasteiger partial charge in [-0.3, -0.25) is 14.4 Å². The van der Waals surface area contributed by atoms with Gasteiger partial charge < -0.3 is 30.6 Å². The molecule has 4 N–H and O–H groups in total. The van der Waals surface area contributed by atoms with E-state index in [0.717, 1.165) is 44.3 Å². The number of aromatic nitrogens is 2. The van der Waals surface area contributed by atoms with Crippen molar-refractivity contribution in [2.75, 3.05) is 25.0 Å². The number of carbonyl (C=O) groups excluding carboxylic acids is 3. The van der Waals surface area contributed by atoms with Crippen LogP contribution in [0.5, 0.6) is 0 Å². The summed E-state index contributed by atoms with van der Waals surface area (Å²) >= 11 is 0. The Hall–Kier alpha value is -4.02. The summed E-state index contributed by atoms with van der Waals surface area (Å²) in [6.45, 7) is 4.88. The Labute approximate surface area is 247 Å². The number of ether oxygens (including phenoxy) is 1. The van der Waals surface area contributed by atoms with Crippen molar-refractivity contribution in [1.82, 2.24) is 19.8 Å². The summed E-state index contributed by atoms with van der Waals surface area (Å²) in [6.07, 6.45) is 7.61. The maximum Gasteiger partial charge on any atom is 0.250 e. The summed E-state index contributed by atoms with van der Waals surface area (Å²) < 4.78 is 7.56. The number of benzene rings is 2. The van der Waals surface area contributed by atoms with E-state index in [2.05, 4.69) is 27.8 Å². The third-order valence-corrected chi connectivity index (χ3v) is 7.30. The van der Waals surface area contributed by atoms with E-state index in [1.165, 1.54) is 5.56 Å². The van der Waals surface area contributed by atoms with E-state index in [9.17, 15) is 14.4 Å². The number of imidazole rings is 1. The quantitative estimate of drug-likeness (QED) is 0.270. The SMILES string of the molecule is CC(C)(N)C(=O)NC(COCc1ccccc1)C(=O)Nc1cn(C(CCCc2ccccc2)C(=O)N2CCCC2)cn1. The van der Waals surface area contributed by atoms with Crippen molar-refractivity contribution in [3.8, 4) is 0 Å². The summed E-state index contributed by atoms with van der Waals surface area (Å²) in [5.41, 5.74) is 6.95. The van der Waals surface area contributed by atoms with E-state index >= 15 is 0 Å². The summed E-state index contributed by atoms with van der Waals surface area (Å²) in [5.74, 6) is -0.611. The average molecular weight is 575 g/mol. The van der Waals surface area contributed by atoms with Crippen LogP contribution in [0.1, 0.15) is 56.7 Å². The summed E-state index contributed by atoms with van der Waals surface area (Å²) in [7, 11) is 0. The molecule has 0 aliphatic carbocycles. The zero-order chi connectivity index (χ0) is 30.0. The molecular formula is C32H42N6O4. The number of hydrogen-bond donors (Lipinski definition) is 3. The predicted octanol–water partition coefficient (Wildman–Crippen LogP) is 3.45. The van der Waals surface area contributed by atoms with Crippen LogP contribution < -0.4 is 16.4 Å². The summed E-state index contributed by atoms with van der Waals surface area (Å²) in [6, 6.07) is 18.3. The van der Waals surface area contributed by atoms with Gasteiger partial charge in [-0.05, 0) is 57.1 Å². The Bertz CT molecular complexity index is 1300. The highest BCUT2D eigenvalue weighted by Gasteiger charge is 2.30. The number of rotatable bonds is 14. The monoisotopic (exact) mass is 574 g/mol. The van der Waals surface area contributed by atoms with Gasteiger partial charge in [-0.15, -0.1) is 0 Å². The van der Waals surface area contributed by atoms with Gasteiger partial charge in [0.2, 0.25) is 11.8 Å². The Kier molecular flexibility index (Phi) is 10.9. The molecule has 1 aromatic heterocycles. The van der Waals surface area contributed by atoms with E-state index in [1.54, 1.807) is 30.9 Å². The lowest BCUT2D eigenvalue weighted by Gasteiger charge is -2.24. The molecule has 0 saturated carbocycles.